The zero-order valence-corrected chi connectivity index (χ0v) is 11.9. The van der Waals surface area contributed by atoms with Gasteiger partial charge in [0.25, 0.3) is 0 Å². The minimum absolute atomic E-state index is 0.250. The minimum Gasteiger partial charge on any atom is -0.396 e. The van der Waals surface area contributed by atoms with E-state index < -0.39 is 17.7 Å². The van der Waals surface area contributed by atoms with Crippen molar-refractivity contribution in [3.05, 3.63) is 52.0 Å². The summed E-state index contributed by atoms with van der Waals surface area (Å²) >= 11 is 11.6. The molecule has 0 fully saturated rings. The molecule has 2 amide bonds. The van der Waals surface area contributed by atoms with Crippen molar-refractivity contribution in [2.75, 3.05) is 16.4 Å². The Morgan fingerprint density at radius 2 is 1.57 bits per heavy atom. The lowest BCUT2D eigenvalue weighted by atomic mass is 10.2. The molecule has 4 nitrogen and oxygen atoms in total. The van der Waals surface area contributed by atoms with E-state index in [0.717, 1.165) is 6.07 Å². The lowest BCUT2D eigenvalue weighted by molar-refractivity contribution is 0.262. The SMILES string of the molecule is Nc1cc(NC(=O)Nc2cc(Cl)cc(Cl)c2)c(F)cc1F. The Balaban J connectivity index is 2.13. The molecule has 0 saturated heterocycles. The number of amides is 2. The Hall–Kier alpha value is -2.05. The van der Waals surface area contributed by atoms with Crippen LogP contribution in [-0.2, 0) is 0 Å². The number of anilines is 3. The van der Waals surface area contributed by atoms with Crippen LogP contribution in [0.15, 0.2) is 30.3 Å². The standard InChI is InChI=1S/C13H9Cl2F2N3O/c14-6-1-7(15)3-8(2-6)19-13(21)20-12-5-11(18)9(16)4-10(12)17/h1-5H,18H2,(H2,19,20,21). The van der Waals surface area contributed by atoms with Gasteiger partial charge in [0.15, 0.2) is 0 Å². The Morgan fingerprint density at radius 3 is 2.19 bits per heavy atom. The van der Waals surface area contributed by atoms with Crippen LogP contribution >= 0.6 is 23.2 Å². The van der Waals surface area contributed by atoms with Crippen molar-refractivity contribution in [1.29, 1.82) is 0 Å². The van der Waals surface area contributed by atoms with Crippen LogP contribution in [0.4, 0.5) is 30.6 Å². The van der Waals surface area contributed by atoms with Crippen LogP contribution in [0.25, 0.3) is 0 Å². The van der Waals surface area contributed by atoms with Gasteiger partial charge >= 0.3 is 6.03 Å². The zero-order valence-electron chi connectivity index (χ0n) is 10.4. The van der Waals surface area contributed by atoms with Crippen molar-refractivity contribution in [3.8, 4) is 0 Å². The third-order valence-corrected chi connectivity index (χ3v) is 2.89. The monoisotopic (exact) mass is 331 g/mol. The molecular formula is C13H9Cl2F2N3O. The quantitative estimate of drug-likeness (QED) is 0.709. The summed E-state index contributed by atoms with van der Waals surface area (Å²) < 4.78 is 26.5. The minimum atomic E-state index is -0.944. The van der Waals surface area contributed by atoms with E-state index in [0.29, 0.717) is 21.8 Å². The number of halogens is 4. The fraction of sp³-hybridized carbons (Fsp3) is 0. The van der Waals surface area contributed by atoms with Crippen LogP contribution in [0.5, 0.6) is 0 Å². The average molecular weight is 332 g/mol. The van der Waals surface area contributed by atoms with Crippen LogP contribution in [0, 0.1) is 11.6 Å². The highest BCUT2D eigenvalue weighted by atomic mass is 35.5. The molecule has 21 heavy (non-hydrogen) atoms. The summed E-state index contributed by atoms with van der Waals surface area (Å²) in [5.41, 5.74) is 5.10. The third kappa shape index (κ3) is 3.96. The van der Waals surface area contributed by atoms with Crippen molar-refractivity contribution in [2.24, 2.45) is 0 Å². The van der Waals surface area contributed by atoms with Crippen LogP contribution in [0.1, 0.15) is 0 Å². The highest BCUT2D eigenvalue weighted by Gasteiger charge is 2.11. The number of rotatable bonds is 2. The number of carbonyl (C=O) groups excluding carboxylic acids is 1. The number of benzene rings is 2. The van der Waals surface area contributed by atoms with Crippen LogP contribution in [-0.4, -0.2) is 6.03 Å². The predicted octanol–water partition coefficient (Wildman–Crippen LogP) is 4.50. The number of hydrogen-bond donors (Lipinski definition) is 3. The summed E-state index contributed by atoms with van der Waals surface area (Å²) in [5, 5.41) is 5.28. The number of nitrogens with one attached hydrogen (secondary N) is 2. The topological polar surface area (TPSA) is 67.1 Å². The van der Waals surface area contributed by atoms with Crippen molar-refractivity contribution >= 4 is 46.3 Å². The Labute approximate surface area is 128 Å². The van der Waals surface area contributed by atoms with Crippen LogP contribution < -0.4 is 16.4 Å². The second-order valence-corrected chi connectivity index (χ2v) is 4.96. The highest BCUT2D eigenvalue weighted by molar-refractivity contribution is 6.35. The maximum absolute atomic E-state index is 13.5. The molecule has 4 N–H and O–H groups in total. The van der Waals surface area contributed by atoms with Gasteiger partial charge in [-0.05, 0) is 24.3 Å². The van der Waals surface area contributed by atoms with Crippen molar-refractivity contribution in [2.45, 2.75) is 0 Å². The molecule has 0 radical (unpaired) electrons. The first-order chi connectivity index (χ1) is 9.85. The van der Waals surface area contributed by atoms with Gasteiger partial charge in [0, 0.05) is 21.8 Å². The first kappa shape index (κ1) is 15.3. The summed E-state index contributed by atoms with van der Waals surface area (Å²) in [4.78, 5) is 11.7. The molecule has 0 aliphatic carbocycles. The third-order valence-electron chi connectivity index (χ3n) is 2.45. The van der Waals surface area contributed by atoms with Crippen LogP contribution in [0.3, 0.4) is 0 Å². The van der Waals surface area contributed by atoms with E-state index >= 15 is 0 Å². The number of nitrogens with two attached hydrogens (primary N) is 1. The van der Waals surface area contributed by atoms with E-state index in [-0.39, 0.29) is 11.4 Å². The second-order valence-electron chi connectivity index (χ2n) is 4.09. The van der Waals surface area contributed by atoms with Gasteiger partial charge in [0.1, 0.15) is 11.6 Å². The first-order valence-corrected chi connectivity index (χ1v) is 6.39. The molecule has 0 aliphatic heterocycles. The van der Waals surface area contributed by atoms with E-state index in [9.17, 15) is 13.6 Å². The van der Waals surface area contributed by atoms with Gasteiger partial charge in [0.05, 0.1) is 11.4 Å². The molecule has 2 aromatic rings. The lowest BCUT2D eigenvalue weighted by Crippen LogP contribution is -2.20. The molecule has 0 heterocycles. The van der Waals surface area contributed by atoms with Gasteiger partial charge in [-0.2, -0.15) is 0 Å². The van der Waals surface area contributed by atoms with Crippen molar-refractivity contribution < 1.29 is 13.6 Å². The average Bonchev–Trinajstić information content (AvgIpc) is 2.34. The molecule has 2 aromatic carbocycles. The largest absolute Gasteiger partial charge is 0.396 e. The summed E-state index contributed by atoms with van der Waals surface area (Å²) in [7, 11) is 0. The van der Waals surface area contributed by atoms with Gasteiger partial charge < -0.3 is 16.4 Å². The molecule has 0 bridgehead atoms. The Morgan fingerprint density at radius 1 is 0.952 bits per heavy atom. The normalized spacial score (nSPS) is 10.3. The molecule has 0 atom stereocenters. The molecule has 0 aliphatic rings. The number of carbonyl (C=O) groups is 1. The van der Waals surface area contributed by atoms with Gasteiger partial charge in [-0.1, -0.05) is 23.2 Å². The van der Waals surface area contributed by atoms with E-state index in [1.54, 1.807) is 0 Å². The summed E-state index contributed by atoms with van der Waals surface area (Å²) in [6.45, 7) is 0. The van der Waals surface area contributed by atoms with E-state index in [1.165, 1.54) is 18.2 Å². The summed E-state index contributed by atoms with van der Waals surface area (Å²) in [6.07, 6.45) is 0. The molecule has 110 valence electrons. The zero-order chi connectivity index (χ0) is 15.6. The molecule has 8 heteroatoms. The number of hydrogen-bond acceptors (Lipinski definition) is 2. The number of nitrogen functional groups attached to an aromatic ring is 1. The lowest BCUT2D eigenvalue weighted by Gasteiger charge is -2.10. The second kappa shape index (κ2) is 6.15. The summed E-state index contributed by atoms with van der Waals surface area (Å²) in [6, 6.07) is 5.23. The van der Waals surface area contributed by atoms with Gasteiger partial charge in [-0.15, -0.1) is 0 Å². The smallest absolute Gasteiger partial charge is 0.323 e. The highest BCUT2D eigenvalue weighted by Crippen LogP contribution is 2.24. The molecular weight excluding hydrogens is 323 g/mol. The molecule has 0 saturated carbocycles. The molecule has 0 unspecified atom stereocenters. The molecule has 2 rings (SSSR count). The maximum Gasteiger partial charge on any atom is 0.323 e. The van der Waals surface area contributed by atoms with Crippen molar-refractivity contribution in [1.82, 2.24) is 0 Å². The number of urea groups is 1. The predicted molar refractivity (Wildman–Crippen MR) is 79.9 cm³/mol. The van der Waals surface area contributed by atoms with Gasteiger partial charge in [-0.3, -0.25) is 0 Å². The maximum atomic E-state index is 13.5. The van der Waals surface area contributed by atoms with Crippen molar-refractivity contribution in [3.63, 3.8) is 0 Å². The van der Waals surface area contributed by atoms with Gasteiger partial charge in [-0.25, -0.2) is 13.6 Å². The van der Waals surface area contributed by atoms with Gasteiger partial charge in [0.2, 0.25) is 0 Å². The van der Waals surface area contributed by atoms with Crippen LogP contribution in [0.2, 0.25) is 10.0 Å². The first-order valence-electron chi connectivity index (χ1n) is 5.64. The van der Waals surface area contributed by atoms with E-state index in [2.05, 4.69) is 10.6 Å². The van der Waals surface area contributed by atoms with E-state index in [4.69, 9.17) is 28.9 Å². The fourth-order valence-electron chi connectivity index (χ4n) is 1.57. The summed E-state index contributed by atoms with van der Waals surface area (Å²) in [5.74, 6) is -1.85. The Kier molecular flexibility index (Phi) is 4.50. The molecule has 0 aromatic heterocycles. The Bertz CT molecular complexity index is 690. The fourth-order valence-corrected chi connectivity index (χ4v) is 2.10. The van der Waals surface area contributed by atoms with E-state index in [1.807, 2.05) is 0 Å². The molecule has 0 spiro atoms.